The van der Waals surface area contributed by atoms with Gasteiger partial charge in [-0.1, -0.05) is 30.3 Å². The summed E-state index contributed by atoms with van der Waals surface area (Å²) in [6.45, 7) is 4.53. The van der Waals surface area contributed by atoms with Gasteiger partial charge in [-0.3, -0.25) is 4.90 Å². The van der Waals surface area contributed by atoms with E-state index in [1.807, 2.05) is 6.07 Å². The van der Waals surface area contributed by atoms with E-state index in [0.29, 0.717) is 12.0 Å². The van der Waals surface area contributed by atoms with E-state index in [9.17, 15) is 0 Å². The van der Waals surface area contributed by atoms with E-state index >= 15 is 0 Å². The molecule has 122 valence electrons. The van der Waals surface area contributed by atoms with Gasteiger partial charge in [0.05, 0.1) is 5.52 Å². The van der Waals surface area contributed by atoms with Gasteiger partial charge < -0.3 is 5.73 Å². The number of rotatable bonds is 3. The summed E-state index contributed by atoms with van der Waals surface area (Å²) < 4.78 is 0. The van der Waals surface area contributed by atoms with Crippen LogP contribution in [0.3, 0.4) is 0 Å². The minimum absolute atomic E-state index is 0.318. The molecule has 3 aromatic rings. The molecule has 24 heavy (non-hydrogen) atoms. The van der Waals surface area contributed by atoms with Crippen molar-refractivity contribution in [3.8, 4) is 11.1 Å². The van der Waals surface area contributed by atoms with Crippen LogP contribution < -0.4 is 5.73 Å². The van der Waals surface area contributed by atoms with Crippen LogP contribution in [0.2, 0.25) is 0 Å². The highest BCUT2D eigenvalue weighted by Crippen LogP contribution is 2.29. The Hall–Kier alpha value is -2.46. The van der Waals surface area contributed by atoms with Crippen LogP contribution in [0.25, 0.3) is 22.0 Å². The summed E-state index contributed by atoms with van der Waals surface area (Å²) in [4.78, 5) is 11.0. The second-order valence-corrected chi connectivity index (χ2v) is 6.62. The first-order valence-electron chi connectivity index (χ1n) is 8.55. The van der Waals surface area contributed by atoms with E-state index in [1.54, 1.807) is 6.20 Å². The molecule has 1 aliphatic rings. The first-order valence-corrected chi connectivity index (χ1v) is 8.55. The van der Waals surface area contributed by atoms with Crippen LogP contribution in [0.4, 0.5) is 5.95 Å². The lowest BCUT2D eigenvalue weighted by molar-refractivity contribution is 0.261. The molecular formula is C20H22N4. The van der Waals surface area contributed by atoms with E-state index < -0.39 is 0 Å². The molecule has 4 rings (SSSR count). The number of hydrogen-bond acceptors (Lipinski definition) is 4. The number of hydrogen-bond donors (Lipinski definition) is 1. The van der Waals surface area contributed by atoms with E-state index in [1.165, 1.54) is 36.1 Å². The predicted molar refractivity (Wildman–Crippen MR) is 98.5 cm³/mol. The number of benzene rings is 2. The lowest BCUT2D eigenvalue weighted by Crippen LogP contribution is -2.26. The zero-order valence-corrected chi connectivity index (χ0v) is 13.9. The van der Waals surface area contributed by atoms with Gasteiger partial charge in [0.1, 0.15) is 0 Å². The minimum Gasteiger partial charge on any atom is -0.368 e. The highest BCUT2D eigenvalue weighted by atomic mass is 15.2. The summed E-state index contributed by atoms with van der Waals surface area (Å²) in [6.07, 6.45) is 4.40. The lowest BCUT2D eigenvalue weighted by Gasteiger charge is -2.22. The average Bonchev–Trinajstić information content (AvgIpc) is 3.00. The number of nitrogens with zero attached hydrogens (tertiary/aromatic N) is 3. The van der Waals surface area contributed by atoms with Crippen molar-refractivity contribution < 1.29 is 0 Å². The SMILES string of the molecule is C[C@H]1CCCN1Cc1ccccc1-c1ccc2nc(N)ncc2c1. The van der Waals surface area contributed by atoms with Crippen molar-refractivity contribution in [1.82, 2.24) is 14.9 Å². The third-order valence-corrected chi connectivity index (χ3v) is 4.99. The average molecular weight is 318 g/mol. The lowest BCUT2D eigenvalue weighted by atomic mass is 9.98. The third-order valence-electron chi connectivity index (χ3n) is 4.99. The molecular weight excluding hydrogens is 296 g/mol. The van der Waals surface area contributed by atoms with Crippen LogP contribution in [0.1, 0.15) is 25.3 Å². The number of fused-ring (bicyclic) bond motifs is 1. The molecule has 0 spiro atoms. The monoisotopic (exact) mass is 318 g/mol. The van der Waals surface area contributed by atoms with Crippen LogP contribution >= 0.6 is 0 Å². The molecule has 4 nitrogen and oxygen atoms in total. The highest BCUT2D eigenvalue weighted by molar-refractivity contribution is 5.85. The molecule has 1 aliphatic heterocycles. The number of nitrogen functional groups attached to an aromatic ring is 1. The number of anilines is 1. The molecule has 1 aromatic heterocycles. The summed E-state index contributed by atoms with van der Waals surface area (Å²) in [7, 11) is 0. The van der Waals surface area contributed by atoms with Crippen molar-refractivity contribution in [2.75, 3.05) is 12.3 Å². The molecule has 0 saturated carbocycles. The molecule has 1 saturated heterocycles. The maximum Gasteiger partial charge on any atom is 0.220 e. The van der Waals surface area contributed by atoms with Gasteiger partial charge in [-0.2, -0.15) is 0 Å². The largest absolute Gasteiger partial charge is 0.368 e. The topological polar surface area (TPSA) is 55.0 Å². The number of nitrogens with two attached hydrogens (primary N) is 1. The maximum atomic E-state index is 5.67. The summed E-state index contributed by atoms with van der Waals surface area (Å²) in [5.74, 6) is 0.318. The Labute approximate surface area is 142 Å². The van der Waals surface area contributed by atoms with E-state index in [2.05, 4.69) is 58.2 Å². The standard InChI is InChI=1S/C20H22N4/c1-14-5-4-10-24(14)13-16-6-2-3-7-18(16)15-8-9-19-17(11-15)12-22-20(21)23-19/h2-3,6-9,11-12,14H,4-5,10,13H2,1H3,(H2,21,22,23)/t14-/m0/s1. The number of aromatic nitrogens is 2. The van der Waals surface area contributed by atoms with Gasteiger partial charge in [-0.15, -0.1) is 0 Å². The van der Waals surface area contributed by atoms with Gasteiger partial charge in [0.2, 0.25) is 5.95 Å². The van der Waals surface area contributed by atoms with Gasteiger partial charge in [-0.05, 0) is 55.1 Å². The summed E-state index contributed by atoms with van der Waals surface area (Å²) in [5.41, 5.74) is 10.4. The van der Waals surface area contributed by atoms with Crippen LogP contribution in [-0.4, -0.2) is 27.5 Å². The fraction of sp³-hybridized carbons (Fsp3) is 0.300. The van der Waals surface area contributed by atoms with Gasteiger partial charge in [-0.25, -0.2) is 9.97 Å². The Kier molecular flexibility index (Phi) is 3.90. The van der Waals surface area contributed by atoms with E-state index in [-0.39, 0.29) is 0 Å². The number of likely N-dealkylation sites (tertiary alicyclic amines) is 1. The Bertz CT molecular complexity index is 874. The molecule has 0 bridgehead atoms. The molecule has 4 heteroatoms. The van der Waals surface area contributed by atoms with Crippen LogP contribution in [0.15, 0.2) is 48.7 Å². The molecule has 0 unspecified atom stereocenters. The molecule has 2 aromatic carbocycles. The van der Waals surface area contributed by atoms with Gasteiger partial charge in [0, 0.05) is 24.2 Å². The fourth-order valence-electron chi connectivity index (χ4n) is 3.60. The normalized spacial score (nSPS) is 18.3. The Morgan fingerprint density at radius 3 is 2.92 bits per heavy atom. The molecule has 1 fully saturated rings. The van der Waals surface area contributed by atoms with Crippen LogP contribution in [0.5, 0.6) is 0 Å². The summed E-state index contributed by atoms with van der Waals surface area (Å²) in [6, 6.07) is 15.7. The molecule has 2 heterocycles. The van der Waals surface area contributed by atoms with Crippen LogP contribution in [-0.2, 0) is 6.54 Å². The molecule has 1 atom stereocenters. The molecule has 0 amide bonds. The summed E-state index contributed by atoms with van der Waals surface area (Å²) in [5, 5.41) is 1.02. The second kappa shape index (κ2) is 6.21. The minimum atomic E-state index is 0.318. The first kappa shape index (κ1) is 15.1. The van der Waals surface area contributed by atoms with E-state index in [4.69, 9.17) is 5.73 Å². The molecule has 0 radical (unpaired) electrons. The quantitative estimate of drug-likeness (QED) is 0.796. The van der Waals surface area contributed by atoms with Gasteiger partial charge in [0.25, 0.3) is 0 Å². The van der Waals surface area contributed by atoms with E-state index in [0.717, 1.165) is 17.4 Å². The first-order chi connectivity index (χ1) is 11.7. The second-order valence-electron chi connectivity index (χ2n) is 6.62. The summed E-state index contributed by atoms with van der Waals surface area (Å²) >= 11 is 0. The van der Waals surface area contributed by atoms with Crippen molar-refractivity contribution >= 4 is 16.9 Å². The Balaban J connectivity index is 1.72. The molecule has 0 aliphatic carbocycles. The molecule has 2 N–H and O–H groups in total. The van der Waals surface area contributed by atoms with Crippen molar-refractivity contribution in [2.24, 2.45) is 0 Å². The Morgan fingerprint density at radius 2 is 2.08 bits per heavy atom. The maximum absolute atomic E-state index is 5.67. The van der Waals surface area contributed by atoms with Crippen LogP contribution in [0, 0.1) is 0 Å². The zero-order chi connectivity index (χ0) is 16.5. The zero-order valence-electron chi connectivity index (χ0n) is 13.9. The van der Waals surface area contributed by atoms with Crippen molar-refractivity contribution in [3.63, 3.8) is 0 Å². The Morgan fingerprint density at radius 1 is 1.21 bits per heavy atom. The smallest absolute Gasteiger partial charge is 0.220 e. The van der Waals surface area contributed by atoms with Crippen molar-refractivity contribution in [2.45, 2.75) is 32.4 Å². The highest BCUT2D eigenvalue weighted by Gasteiger charge is 2.21. The van der Waals surface area contributed by atoms with Gasteiger partial charge >= 0.3 is 0 Å². The predicted octanol–water partition coefficient (Wildman–Crippen LogP) is 3.86. The van der Waals surface area contributed by atoms with Gasteiger partial charge in [0.15, 0.2) is 0 Å². The third kappa shape index (κ3) is 2.85. The fourth-order valence-corrected chi connectivity index (χ4v) is 3.60. The van der Waals surface area contributed by atoms with Crippen molar-refractivity contribution in [3.05, 3.63) is 54.2 Å². The van der Waals surface area contributed by atoms with Crippen molar-refractivity contribution in [1.29, 1.82) is 0 Å².